The van der Waals surface area contributed by atoms with E-state index in [-0.39, 0.29) is 5.91 Å². The summed E-state index contributed by atoms with van der Waals surface area (Å²) >= 11 is 0. The molecule has 2 aromatic carbocycles. The first-order valence-corrected chi connectivity index (χ1v) is 8.89. The van der Waals surface area contributed by atoms with Crippen LogP contribution in [0.1, 0.15) is 10.4 Å². The van der Waals surface area contributed by atoms with Gasteiger partial charge >= 0.3 is 0 Å². The van der Waals surface area contributed by atoms with Crippen molar-refractivity contribution in [2.24, 2.45) is 0 Å². The van der Waals surface area contributed by atoms with Crippen molar-refractivity contribution in [3.05, 3.63) is 66.4 Å². The van der Waals surface area contributed by atoms with Gasteiger partial charge in [0.15, 0.2) is 0 Å². The molecule has 5 nitrogen and oxygen atoms in total. The van der Waals surface area contributed by atoms with Crippen molar-refractivity contribution in [1.29, 1.82) is 0 Å². The van der Waals surface area contributed by atoms with Crippen LogP contribution in [0.3, 0.4) is 0 Å². The predicted molar refractivity (Wildman–Crippen MR) is 106 cm³/mol. The van der Waals surface area contributed by atoms with E-state index >= 15 is 0 Å². The van der Waals surface area contributed by atoms with Gasteiger partial charge in [-0.3, -0.25) is 4.79 Å². The van der Waals surface area contributed by atoms with Crippen LogP contribution in [-0.2, 0) is 0 Å². The van der Waals surface area contributed by atoms with E-state index in [1.807, 2.05) is 54.6 Å². The molecule has 0 aliphatic carbocycles. The zero-order valence-electron chi connectivity index (χ0n) is 14.9. The van der Waals surface area contributed by atoms with E-state index in [4.69, 9.17) is 0 Å². The van der Waals surface area contributed by atoms with Crippen LogP contribution in [0.5, 0.6) is 0 Å². The van der Waals surface area contributed by atoms with Gasteiger partial charge in [0.05, 0.1) is 5.56 Å². The van der Waals surface area contributed by atoms with Crippen molar-refractivity contribution in [3.8, 4) is 0 Å². The number of benzene rings is 2. The van der Waals surface area contributed by atoms with Gasteiger partial charge in [0, 0.05) is 43.4 Å². The molecule has 0 atom stereocenters. The number of nitrogens with one attached hydrogen (secondary N) is 1. The molecular formula is C21H22N4O. The molecule has 2 heterocycles. The number of pyridine rings is 1. The van der Waals surface area contributed by atoms with Crippen molar-refractivity contribution in [1.82, 2.24) is 9.88 Å². The monoisotopic (exact) mass is 346 g/mol. The van der Waals surface area contributed by atoms with E-state index in [1.54, 1.807) is 6.20 Å². The van der Waals surface area contributed by atoms with E-state index in [1.165, 1.54) is 0 Å². The van der Waals surface area contributed by atoms with Gasteiger partial charge in [-0.1, -0.05) is 36.4 Å². The first-order valence-electron chi connectivity index (χ1n) is 8.89. The average molecular weight is 346 g/mol. The Hall–Kier alpha value is -2.92. The van der Waals surface area contributed by atoms with Gasteiger partial charge < -0.3 is 15.1 Å². The molecule has 1 aromatic heterocycles. The van der Waals surface area contributed by atoms with Crippen LogP contribution in [0.25, 0.3) is 10.8 Å². The third-order valence-electron chi connectivity index (χ3n) is 4.88. The largest absolute Gasteiger partial charge is 0.354 e. The van der Waals surface area contributed by atoms with Crippen LogP contribution in [0, 0.1) is 0 Å². The Kier molecular flexibility index (Phi) is 4.54. The number of rotatable bonds is 3. The van der Waals surface area contributed by atoms with Gasteiger partial charge in [-0.2, -0.15) is 0 Å². The Bertz CT molecular complexity index is 909. The quantitative estimate of drug-likeness (QED) is 0.791. The number of carbonyl (C=O) groups is 1. The zero-order chi connectivity index (χ0) is 17.9. The summed E-state index contributed by atoms with van der Waals surface area (Å²) in [7, 11) is 2.13. The third kappa shape index (κ3) is 3.39. The molecule has 5 heteroatoms. The van der Waals surface area contributed by atoms with Gasteiger partial charge in [0.2, 0.25) is 0 Å². The molecule has 26 heavy (non-hydrogen) atoms. The van der Waals surface area contributed by atoms with E-state index in [2.05, 4.69) is 27.1 Å². The van der Waals surface area contributed by atoms with Crippen molar-refractivity contribution in [3.63, 3.8) is 0 Å². The lowest BCUT2D eigenvalue weighted by Gasteiger charge is -2.33. The van der Waals surface area contributed by atoms with Gasteiger partial charge in [0.25, 0.3) is 5.91 Å². The van der Waals surface area contributed by atoms with Gasteiger partial charge in [-0.05, 0) is 30.6 Å². The molecule has 0 saturated carbocycles. The van der Waals surface area contributed by atoms with Crippen molar-refractivity contribution in [2.75, 3.05) is 43.4 Å². The molecule has 1 saturated heterocycles. The highest BCUT2D eigenvalue weighted by molar-refractivity contribution is 6.09. The van der Waals surface area contributed by atoms with Crippen LogP contribution in [-0.4, -0.2) is 49.0 Å². The molecule has 1 aliphatic heterocycles. The van der Waals surface area contributed by atoms with E-state index in [9.17, 15) is 4.79 Å². The Morgan fingerprint density at radius 3 is 2.50 bits per heavy atom. The van der Waals surface area contributed by atoms with Crippen LogP contribution in [0.15, 0.2) is 60.8 Å². The van der Waals surface area contributed by atoms with E-state index < -0.39 is 0 Å². The minimum Gasteiger partial charge on any atom is -0.354 e. The molecule has 1 aliphatic rings. The summed E-state index contributed by atoms with van der Waals surface area (Å²) < 4.78 is 0. The van der Waals surface area contributed by atoms with E-state index in [0.29, 0.717) is 5.56 Å². The second-order valence-electron chi connectivity index (χ2n) is 6.68. The minimum absolute atomic E-state index is 0.140. The summed E-state index contributed by atoms with van der Waals surface area (Å²) in [6.07, 6.45) is 1.66. The summed E-state index contributed by atoms with van der Waals surface area (Å²) in [5.41, 5.74) is 1.38. The number of amides is 1. The SMILES string of the molecule is CN1CCN(c2ccc(C(=O)Nc3cccc4ccccc34)cn2)CC1. The van der Waals surface area contributed by atoms with Gasteiger partial charge in [-0.25, -0.2) is 4.98 Å². The van der Waals surface area contributed by atoms with Crippen LogP contribution in [0.2, 0.25) is 0 Å². The number of nitrogens with zero attached hydrogens (tertiary/aromatic N) is 3. The number of aromatic nitrogens is 1. The molecule has 0 radical (unpaired) electrons. The first-order chi connectivity index (χ1) is 12.7. The second kappa shape index (κ2) is 7.14. The lowest BCUT2D eigenvalue weighted by molar-refractivity contribution is 0.102. The first kappa shape index (κ1) is 16.5. The number of likely N-dealkylation sites (N-methyl/N-ethyl adjacent to an activating group) is 1. The molecular weight excluding hydrogens is 324 g/mol. The van der Waals surface area contributed by atoms with Crippen LogP contribution >= 0.6 is 0 Å². The highest BCUT2D eigenvalue weighted by Gasteiger charge is 2.16. The molecule has 0 spiro atoms. The minimum atomic E-state index is -0.140. The van der Waals surface area contributed by atoms with Crippen LogP contribution in [0.4, 0.5) is 11.5 Å². The molecule has 1 fully saturated rings. The third-order valence-corrected chi connectivity index (χ3v) is 4.88. The Balaban J connectivity index is 1.50. The number of fused-ring (bicyclic) bond motifs is 1. The maximum absolute atomic E-state index is 12.6. The van der Waals surface area contributed by atoms with Crippen molar-refractivity contribution >= 4 is 28.2 Å². The normalized spacial score (nSPS) is 15.2. The summed E-state index contributed by atoms with van der Waals surface area (Å²) in [6, 6.07) is 17.7. The lowest BCUT2D eigenvalue weighted by Crippen LogP contribution is -2.44. The highest BCUT2D eigenvalue weighted by Crippen LogP contribution is 2.23. The zero-order valence-corrected chi connectivity index (χ0v) is 14.9. The van der Waals surface area contributed by atoms with Crippen molar-refractivity contribution in [2.45, 2.75) is 0 Å². The van der Waals surface area contributed by atoms with Crippen LogP contribution < -0.4 is 10.2 Å². The summed E-state index contributed by atoms with van der Waals surface area (Å²) in [5, 5.41) is 5.14. The fourth-order valence-electron chi connectivity index (χ4n) is 3.27. The molecule has 0 unspecified atom stereocenters. The number of carbonyl (C=O) groups excluding carboxylic acids is 1. The maximum Gasteiger partial charge on any atom is 0.257 e. The van der Waals surface area contributed by atoms with E-state index in [0.717, 1.165) is 48.5 Å². The Morgan fingerprint density at radius 1 is 0.962 bits per heavy atom. The number of piperazine rings is 1. The predicted octanol–water partition coefficient (Wildman–Crippen LogP) is 3.24. The number of anilines is 2. The lowest BCUT2D eigenvalue weighted by atomic mass is 10.1. The van der Waals surface area contributed by atoms with Gasteiger partial charge in [-0.15, -0.1) is 0 Å². The fourth-order valence-corrected chi connectivity index (χ4v) is 3.27. The number of hydrogen-bond acceptors (Lipinski definition) is 4. The van der Waals surface area contributed by atoms with Gasteiger partial charge in [0.1, 0.15) is 5.82 Å². The molecule has 1 N–H and O–H groups in total. The highest BCUT2D eigenvalue weighted by atomic mass is 16.1. The average Bonchev–Trinajstić information content (AvgIpc) is 2.69. The summed E-state index contributed by atoms with van der Waals surface area (Å²) in [4.78, 5) is 21.7. The topological polar surface area (TPSA) is 48.5 Å². The fraction of sp³-hybridized carbons (Fsp3) is 0.238. The molecule has 132 valence electrons. The van der Waals surface area contributed by atoms with Crippen molar-refractivity contribution < 1.29 is 4.79 Å². The Labute approximate surface area is 153 Å². The second-order valence-corrected chi connectivity index (χ2v) is 6.68. The standard InChI is InChI=1S/C21H22N4O/c1-24-11-13-25(14-12-24)20-10-9-17(15-22-20)21(26)23-19-8-4-6-16-5-2-3-7-18(16)19/h2-10,15H,11-14H2,1H3,(H,23,26). The molecule has 1 amide bonds. The summed E-state index contributed by atoms with van der Waals surface area (Å²) in [6.45, 7) is 3.99. The smallest absolute Gasteiger partial charge is 0.257 e. The molecule has 3 aromatic rings. The summed E-state index contributed by atoms with van der Waals surface area (Å²) in [5.74, 6) is 0.790. The molecule has 0 bridgehead atoms. The number of hydrogen-bond donors (Lipinski definition) is 1. The maximum atomic E-state index is 12.6. The Morgan fingerprint density at radius 2 is 1.73 bits per heavy atom. The molecule has 4 rings (SSSR count).